The molecule has 0 aliphatic carbocycles. The number of para-hydroxylation sites is 1. The molecule has 1 aromatic carbocycles. The Kier molecular flexibility index (Phi) is 6.70. The maximum Gasteiger partial charge on any atom is 0.306 e. The summed E-state index contributed by atoms with van der Waals surface area (Å²) in [6.45, 7) is 2.32. The standard InChI is InChI=1S/C13H17BrO3/c1-2-6-13(15)17-12(9-14)10-16-11-7-4-3-5-8-11/h3-5,7-8,12H,2,6,9-10H2,1H3/t12-/m0/s1. The summed E-state index contributed by atoms with van der Waals surface area (Å²) in [4.78, 5) is 11.3. The fourth-order valence-electron chi connectivity index (χ4n) is 1.26. The zero-order chi connectivity index (χ0) is 12.5. The molecule has 0 bridgehead atoms. The molecule has 1 aromatic rings. The third-order valence-corrected chi connectivity index (χ3v) is 2.83. The molecular formula is C13H17BrO3. The molecule has 0 amide bonds. The summed E-state index contributed by atoms with van der Waals surface area (Å²) in [6, 6.07) is 9.48. The van der Waals surface area contributed by atoms with Gasteiger partial charge in [-0.25, -0.2) is 0 Å². The minimum atomic E-state index is -0.241. The van der Waals surface area contributed by atoms with Gasteiger partial charge in [-0.2, -0.15) is 0 Å². The Hall–Kier alpha value is -1.03. The first-order valence-electron chi connectivity index (χ1n) is 5.69. The number of hydrogen-bond donors (Lipinski definition) is 0. The van der Waals surface area contributed by atoms with Crippen LogP contribution in [0.3, 0.4) is 0 Å². The Morgan fingerprint density at radius 1 is 1.35 bits per heavy atom. The number of halogens is 1. The maximum atomic E-state index is 11.3. The van der Waals surface area contributed by atoms with E-state index < -0.39 is 0 Å². The normalized spacial score (nSPS) is 11.9. The lowest BCUT2D eigenvalue weighted by molar-refractivity contribution is -0.149. The molecule has 0 unspecified atom stereocenters. The first-order chi connectivity index (χ1) is 8.26. The van der Waals surface area contributed by atoms with Gasteiger partial charge in [0.25, 0.3) is 0 Å². The molecule has 4 heteroatoms. The van der Waals surface area contributed by atoms with Crippen LogP contribution in [-0.4, -0.2) is 24.0 Å². The maximum absolute atomic E-state index is 11.3. The van der Waals surface area contributed by atoms with Crippen molar-refractivity contribution in [1.29, 1.82) is 0 Å². The van der Waals surface area contributed by atoms with Crippen molar-refractivity contribution in [2.75, 3.05) is 11.9 Å². The smallest absolute Gasteiger partial charge is 0.306 e. The highest BCUT2D eigenvalue weighted by Crippen LogP contribution is 2.10. The molecule has 0 heterocycles. The molecule has 0 fully saturated rings. The highest BCUT2D eigenvalue weighted by atomic mass is 79.9. The molecule has 0 aliphatic rings. The molecule has 0 N–H and O–H groups in total. The Morgan fingerprint density at radius 3 is 2.65 bits per heavy atom. The predicted molar refractivity (Wildman–Crippen MR) is 70.5 cm³/mol. The number of alkyl halides is 1. The SMILES string of the molecule is CCCC(=O)O[C@@H](CBr)COc1ccccc1. The molecule has 0 saturated carbocycles. The van der Waals surface area contributed by atoms with Gasteiger partial charge in [0, 0.05) is 11.8 Å². The summed E-state index contributed by atoms with van der Waals surface area (Å²) in [7, 11) is 0. The van der Waals surface area contributed by atoms with E-state index in [1.165, 1.54) is 0 Å². The van der Waals surface area contributed by atoms with Crippen molar-refractivity contribution in [3.63, 3.8) is 0 Å². The monoisotopic (exact) mass is 300 g/mol. The molecule has 3 nitrogen and oxygen atoms in total. The lowest BCUT2D eigenvalue weighted by atomic mass is 10.3. The number of carbonyl (C=O) groups is 1. The van der Waals surface area contributed by atoms with Crippen LogP contribution in [-0.2, 0) is 9.53 Å². The Bertz CT molecular complexity index is 327. The number of benzene rings is 1. The Balaban J connectivity index is 2.34. The van der Waals surface area contributed by atoms with Crippen molar-refractivity contribution in [2.45, 2.75) is 25.9 Å². The summed E-state index contributed by atoms with van der Waals surface area (Å²) >= 11 is 3.31. The van der Waals surface area contributed by atoms with E-state index in [-0.39, 0.29) is 12.1 Å². The summed E-state index contributed by atoms with van der Waals surface area (Å²) in [5, 5.41) is 0.579. The number of ether oxygens (including phenoxy) is 2. The van der Waals surface area contributed by atoms with Crippen molar-refractivity contribution in [1.82, 2.24) is 0 Å². The van der Waals surface area contributed by atoms with Crippen molar-refractivity contribution in [3.05, 3.63) is 30.3 Å². The number of esters is 1. The van der Waals surface area contributed by atoms with Crippen molar-refractivity contribution < 1.29 is 14.3 Å². The minimum Gasteiger partial charge on any atom is -0.490 e. The average molecular weight is 301 g/mol. The molecule has 17 heavy (non-hydrogen) atoms. The van der Waals surface area contributed by atoms with Crippen LogP contribution in [0.25, 0.3) is 0 Å². The molecule has 1 atom stereocenters. The molecule has 0 aliphatic heterocycles. The lowest BCUT2D eigenvalue weighted by Crippen LogP contribution is -2.26. The van der Waals surface area contributed by atoms with E-state index >= 15 is 0 Å². The molecule has 0 radical (unpaired) electrons. The largest absolute Gasteiger partial charge is 0.490 e. The van der Waals surface area contributed by atoms with E-state index in [9.17, 15) is 4.79 Å². The van der Waals surface area contributed by atoms with Gasteiger partial charge < -0.3 is 9.47 Å². The highest BCUT2D eigenvalue weighted by molar-refractivity contribution is 9.09. The molecule has 0 aromatic heterocycles. The zero-order valence-corrected chi connectivity index (χ0v) is 11.5. The molecule has 0 saturated heterocycles. The van der Waals surface area contributed by atoms with Gasteiger partial charge in [0.05, 0.1) is 0 Å². The minimum absolute atomic E-state index is 0.173. The second kappa shape index (κ2) is 8.12. The fraction of sp³-hybridized carbons (Fsp3) is 0.462. The first kappa shape index (κ1) is 14.0. The number of carbonyl (C=O) groups excluding carboxylic acids is 1. The average Bonchev–Trinajstić information content (AvgIpc) is 2.36. The van der Waals surface area contributed by atoms with Gasteiger partial charge in [0.15, 0.2) is 0 Å². The molecule has 94 valence electrons. The summed E-state index contributed by atoms with van der Waals surface area (Å²) in [6.07, 6.45) is 1.01. The van der Waals surface area contributed by atoms with Gasteiger partial charge in [0.2, 0.25) is 0 Å². The third kappa shape index (κ3) is 5.73. The molecule has 0 spiro atoms. The van der Waals surface area contributed by atoms with Gasteiger partial charge in [-0.1, -0.05) is 41.1 Å². The molecular weight excluding hydrogens is 284 g/mol. The van der Waals surface area contributed by atoms with Crippen molar-refractivity contribution in [2.24, 2.45) is 0 Å². The van der Waals surface area contributed by atoms with Crippen LogP contribution in [0, 0.1) is 0 Å². The van der Waals surface area contributed by atoms with E-state index in [4.69, 9.17) is 9.47 Å². The quantitative estimate of drug-likeness (QED) is 0.573. The van der Waals surface area contributed by atoms with E-state index in [1.54, 1.807) is 0 Å². The number of hydrogen-bond acceptors (Lipinski definition) is 3. The van der Waals surface area contributed by atoms with E-state index in [0.717, 1.165) is 12.2 Å². The van der Waals surface area contributed by atoms with Crippen molar-refractivity contribution >= 4 is 21.9 Å². The second-order valence-corrected chi connectivity index (χ2v) is 4.29. The van der Waals surface area contributed by atoms with E-state index in [0.29, 0.717) is 18.4 Å². The topological polar surface area (TPSA) is 35.5 Å². The van der Waals surface area contributed by atoms with Gasteiger partial charge in [-0.15, -0.1) is 0 Å². The van der Waals surface area contributed by atoms with E-state index in [1.807, 2.05) is 37.3 Å². The summed E-state index contributed by atoms with van der Waals surface area (Å²) in [5.74, 6) is 0.610. The Morgan fingerprint density at radius 2 is 2.06 bits per heavy atom. The van der Waals surface area contributed by atoms with Crippen molar-refractivity contribution in [3.8, 4) is 5.75 Å². The van der Waals surface area contributed by atoms with Crippen LogP contribution < -0.4 is 4.74 Å². The Labute approximate surface area is 110 Å². The summed E-state index contributed by atoms with van der Waals surface area (Å²) < 4.78 is 10.8. The van der Waals surface area contributed by atoms with Gasteiger partial charge in [-0.3, -0.25) is 4.79 Å². The fourth-order valence-corrected chi connectivity index (χ4v) is 1.58. The van der Waals surface area contributed by atoms with Crippen LogP contribution in [0.4, 0.5) is 0 Å². The lowest BCUT2D eigenvalue weighted by Gasteiger charge is -2.16. The predicted octanol–water partition coefficient (Wildman–Crippen LogP) is 3.17. The highest BCUT2D eigenvalue weighted by Gasteiger charge is 2.13. The third-order valence-electron chi connectivity index (χ3n) is 2.10. The van der Waals surface area contributed by atoms with Gasteiger partial charge >= 0.3 is 5.97 Å². The summed E-state index contributed by atoms with van der Waals surface area (Å²) in [5.41, 5.74) is 0. The van der Waals surface area contributed by atoms with Crippen LogP contribution in [0.15, 0.2) is 30.3 Å². The van der Waals surface area contributed by atoms with Crippen LogP contribution >= 0.6 is 15.9 Å². The second-order valence-electron chi connectivity index (χ2n) is 3.64. The van der Waals surface area contributed by atoms with Crippen LogP contribution in [0.5, 0.6) is 5.75 Å². The van der Waals surface area contributed by atoms with Crippen LogP contribution in [0.1, 0.15) is 19.8 Å². The zero-order valence-electron chi connectivity index (χ0n) is 9.90. The molecule has 1 rings (SSSR count). The number of rotatable bonds is 7. The van der Waals surface area contributed by atoms with Crippen LogP contribution in [0.2, 0.25) is 0 Å². The van der Waals surface area contributed by atoms with Gasteiger partial charge in [-0.05, 0) is 18.6 Å². The van der Waals surface area contributed by atoms with E-state index in [2.05, 4.69) is 15.9 Å². The van der Waals surface area contributed by atoms with Gasteiger partial charge in [0.1, 0.15) is 18.5 Å². The first-order valence-corrected chi connectivity index (χ1v) is 6.81.